The third-order valence-electron chi connectivity index (χ3n) is 15.1. The Morgan fingerprint density at radius 1 is 1.00 bits per heavy atom. The van der Waals surface area contributed by atoms with Gasteiger partial charge in [0.15, 0.2) is 6.10 Å². The molecular formula is C46H56N4O8. The van der Waals surface area contributed by atoms with E-state index >= 15 is 4.79 Å². The van der Waals surface area contributed by atoms with Crippen molar-refractivity contribution in [1.29, 1.82) is 0 Å². The van der Waals surface area contributed by atoms with Crippen molar-refractivity contribution in [2.24, 2.45) is 11.3 Å². The Balaban J connectivity index is 1.37. The molecule has 1 saturated carbocycles. The molecule has 1 unspecified atom stereocenters. The third-order valence-corrected chi connectivity index (χ3v) is 15.1. The lowest BCUT2D eigenvalue weighted by molar-refractivity contribution is -0.228. The summed E-state index contributed by atoms with van der Waals surface area (Å²) >= 11 is 0. The minimum atomic E-state index is -2.28. The quantitative estimate of drug-likeness (QED) is 0.194. The van der Waals surface area contributed by atoms with Gasteiger partial charge in [0, 0.05) is 90.9 Å². The molecule has 9 atom stereocenters. The number of methoxy groups -OCH3 is 3. The van der Waals surface area contributed by atoms with Crippen molar-refractivity contribution in [3.8, 4) is 5.75 Å². The summed E-state index contributed by atoms with van der Waals surface area (Å²) in [7, 11) is 6.24. The van der Waals surface area contributed by atoms with E-state index in [1.165, 1.54) is 26.7 Å². The summed E-state index contributed by atoms with van der Waals surface area (Å²) in [5, 5.41) is 14.4. The highest BCUT2D eigenvalue weighted by Crippen LogP contribution is 2.68. The molecule has 0 amide bonds. The van der Waals surface area contributed by atoms with Crippen LogP contribution in [-0.2, 0) is 45.8 Å². The van der Waals surface area contributed by atoms with Crippen LogP contribution in [0.2, 0.25) is 0 Å². The highest BCUT2D eigenvalue weighted by molar-refractivity contribution is 5.95. The molecule has 2 aromatic carbocycles. The van der Waals surface area contributed by atoms with Crippen LogP contribution in [0, 0.1) is 11.3 Å². The molecule has 2 N–H and O–H groups in total. The van der Waals surface area contributed by atoms with Crippen molar-refractivity contribution in [3.63, 3.8) is 0 Å². The van der Waals surface area contributed by atoms with Crippen LogP contribution in [0.1, 0.15) is 68.8 Å². The van der Waals surface area contributed by atoms with E-state index < -0.39 is 45.9 Å². The summed E-state index contributed by atoms with van der Waals surface area (Å²) < 4.78 is 24.0. The Morgan fingerprint density at radius 2 is 1.78 bits per heavy atom. The Kier molecular flexibility index (Phi) is 9.18. The number of fused-ring (bicyclic) bond motifs is 6. The van der Waals surface area contributed by atoms with Crippen molar-refractivity contribution in [2.45, 2.75) is 87.5 Å². The number of aromatic nitrogens is 1. The molecule has 2 fully saturated rings. The van der Waals surface area contributed by atoms with Gasteiger partial charge in [-0.25, -0.2) is 4.79 Å². The minimum absolute atomic E-state index is 0.0217. The van der Waals surface area contributed by atoms with Crippen LogP contribution in [0.5, 0.6) is 5.75 Å². The number of likely N-dealkylation sites (N-methyl/N-ethyl adjacent to an activating group) is 1. The first kappa shape index (κ1) is 38.8. The molecule has 0 radical (unpaired) electrons. The van der Waals surface area contributed by atoms with Crippen LogP contribution < -0.4 is 9.64 Å². The number of hydrogen-bond acceptors (Lipinski definition) is 11. The number of hydrogen-bond donors (Lipinski definition) is 2. The molecule has 6 heterocycles. The van der Waals surface area contributed by atoms with E-state index in [1.807, 2.05) is 37.1 Å². The van der Waals surface area contributed by atoms with Crippen molar-refractivity contribution < 1.29 is 38.4 Å². The summed E-state index contributed by atoms with van der Waals surface area (Å²) in [5.41, 5.74) is 1.10. The maximum Gasteiger partial charge on any atom is 0.344 e. The number of nitrogens with one attached hydrogen (secondary N) is 1. The number of esters is 3. The highest BCUT2D eigenvalue weighted by Gasteiger charge is 2.80. The number of carbonyl (C=O) groups excluding carboxylic acids is 3. The zero-order valence-corrected chi connectivity index (χ0v) is 34.7. The van der Waals surface area contributed by atoms with Gasteiger partial charge in [-0.3, -0.25) is 19.4 Å². The summed E-state index contributed by atoms with van der Waals surface area (Å²) in [5.74, 6) is -1.31. The standard InChI is InChI=1S/C46H56N4O8/c1-8-28-21-29-24-45(41(52)56-6,37-31(15-19-49(25-28)26-29)30-13-10-11-14-34(30)47-37)33-22-32-35(23-36(33)55-5)48(4)39-44(32)17-20-50-18-12-16-43(9-2,38(44)50)40(58-27(3)51)46(39,54)42(53)57-7/h10-14,16,21-23,29,38-40,47,54H,8-9,15,17-20,24-26H2,1-7H3/t29-,38+,39+,40-,43-,44-,45-,46-/m1/s1. The summed E-state index contributed by atoms with van der Waals surface area (Å²) in [6, 6.07) is 11.2. The number of ether oxygens (including phenoxy) is 4. The Labute approximate surface area is 340 Å². The SMILES string of the molecule is CCC1=C[C@H]2CN(CCc3c([nH]c4ccccc34)[C@](C(=O)OC)(c3cc4c(cc3OC)N(C)[C@@H]3[C@](O)(C(=O)OC)[C@H](OC(C)=O)[C@]5(CC)C=CCN6CC[C@]43[C@@H]65)C2)C1. The van der Waals surface area contributed by atoms with Crippen LogP contribution >= 0.6 is 0 Å². The van der Waals surface area contributed by atoms with Crippen LogP contribution in [0.3, 0.4) is 0 Å². The molecule has 1 saturated heterocycles. The second-order valence-corrected chi connectivity index (χ2v) is 17.5. The number of para-hydroxylation sites is 1. The lowest BCUT2D eigenvalue weighted by Crippen LogP contribution is -2.81. The molecule has 58 heavy (non-hydrogen) atoms. The van der Waals surface area contributed by atoms with Gasteiger partial charge in [0.2, 0.25) is 5.60 Å². The van der Waals surface area contributed by atoms with E-state index in [0.717, 1.165) is 65.9 Å². The summed E-state index contributed by atoms with van der Waals surface area (Å²) in [4.78, 5) is 53.4. The first-order valence-electron chi connectivity index (χ1n) is 20.8. The zero-order chi connectivity index (χ0) is 40.9. The van der Waals surface area contributed by atoms with Crippen LogP contribution in [-0.4, -0.2) is 123 Å². The van der Waals surface area contributed by atoms with Crippen molar-refractivity contribution >= 4 is 34.5 Å². The molecule has 5 aliphatic heterocycles. The number of aromatic amines is 1. The number of nitrogens with zero attached hydrogens (tertiary/aromatic N) is 3. The highest BCUT2D eigenvalue weighted by atomic mass is 16.6. The largest absolute Gasteiger partial charge is 0.496 e. The first-order valence-corrected chi connectivity index (χ1v) is 20.8. The van der Waals surface area contributed by atoms with Crippen molar-refractivity contribution in [1.82, 2.24) is 14.8 Å². The fourth-order valence-corrected chi connectivity index (χ4v) is 13.0. The number of anilines is 1. The molecule has 308 valence electrons. The van der Waals surface area contributed by atoms with Gasteiger partial charge in [-0.05, 0) is 67.8 Å². The van der Waals surface area contributed by atoms with Crippen LogP contribution in [0.4, 0.5) is 5.69 Å². The minimum Gasteiger partial charge on any atom is -0.496 e. The maximum atomic E-state index is 15.3. The lowest BCUT2D eigenvalue weighted by Gasteiger charge is -2.63. The van der Waals surface area contributed by atoms with Gasteiger partial charge in [0.05, 0.1) is 27.4 Å². The fourth-order valence-electron chi connectivity index (χ4n) is 13.0. The zero-order valence-electron chi connectivity index (χ0n) is 34.7. The number of rotatable bonds is 7. The number of aliphatic hydroxyl groups is 1. The van der Waals surface area contributed by atoms with Crippen LogP contribution in [0.25, 0.3) is 10.9 Å². The predicted molar refractivity (Wildman–Crippen MR) is 219 cm³/mol. The van der Waals surface area contributed by atoms with E-state index in [4.69, 9.17) is 18.9 Å². The summed E-state index contributed by atoms with van der Waals surface area (Å²) in [6.45, 7) is 9.44. The van der Waals surface area contributed by atoms with E-state index in [9.17, 15) is 14.7 Å². The molecule has 1 aromatic heterocycles. The van der Waals surface area contributed by atoms with Gasteiger partial charge in [-0.15, -0.1) is 0 Å². The van der Waals surface area contributed by atoms with Gasteiger partial charge < -0.3 is 33.9 Å². The van der Waals surface area contributed by atoms with Gasteiger partial charge in [0.1, 0.15) is 11.2 Å². The number of carbonyl (C=O) groups is 3. The molecular weight excluding hydrogens is 737 g/mol. The average Bonchev–Trinajstić information content (AvgIpc) is 3.89. The molecule has 9 rings (SSSR count). The predicted octanol–water partition coefficient (Wildman–Crippen LogP) is 4.80. The van der Waals surface area contributed by atoms with E-state index in [0.29, 0.717) is 43.7 Å². The van der Waals surface area contributed by atoms with Gasteiger partial charge in [-0.2, -0.15) is 0 Å². The smallest absolute Gasteiger partial charge is 0.344 e. The Morgan fingerprint density at radius 3 is 2.48 bits per heavy atom. The monoisotopic (exact) mass is 792 g/mol. The topological polar surface area (TPSA) is 134 Å². The molecule has 12 nitrogen and oxygen atoms in total. The number of benzene rings is 2. The fraction of sp³-hybridized carbons (Fsp3) is 0.543. The lowest BCUT2D eigenvalue weighted by atomic mass is 9.47. The van der Waals surface area contributed by atoms with Crippen LogP contribution in [0.15, 0.2) is 60.2 Å². The first-order chi connectivity index (χ1) is 27.9. The Hall–Kier alpha value is -4.65. The number of H-pyrrole nitrogens is 1. The molecule has 12 heteroatoms. The normalized spacial score (nSPS) is 34.7. The van der Waals surface area contributed by atoms with Crippen molar-refractivity contribution in [2.75, 3.05) is 66.0 Å². The average molecular weight is 793 g/mol. The maximum absolute atomic E-state index is 15.3. The van der Waals surface area contributed by atoms with E-state index in [-0.39, 0.29) is 17.9 Å². The second-order valence-electron chi connectivity index (χ2n) is 17.5. The van der Waals surface area contributed by atoms with Crippen molar-refractivity contribution in [3.05, 3.63) is 82.6 Å². The molecule has 1 spiro atoms. The van der Waals surface area contributed by atoms with Gasteiger partial charge in [0.25, 0.3) is 0 Å². The third kappa shape index (κ3) is 4.94. The second kappa shape index (κ2) is 13.7. The van der Waals surface area contributed by atoms with E-state index in [1.54, 1.807) is 7.11 Å². The van der Waals surface area contributed by atoms with Gasteiger partial charge >= 0.3 is 17.9 Å². The van der Waals surface area contributed by atoms with Gasteiger partial charge in [-0.1, -0.05) is 55.8 Å². The Bertz CT molecular complexity index is 2270. The molecule has 1 aliphatic carbocycles. The van der Waals surface area contributed by atoms with E-state index in [2.05, 4.69) is 58.1 Å². The molecule has 3 aromatic rings. The summed E-state index contributed by atoms with van der Waals surface area (Å²) in [6.07, 6.45) is 8.43. The molecule has 6 aliphatic rings. The molecule has 2 bridgehead atoms.